The molecule has 0 radical (unpaired) electrons. The van der Waals surface area contributed by atoms with Gasteiger partial charge in [0, 0.05) is 30.9 Å². The lowest BCUT2D eigenvalue weighted by molar-refractivity contribution is -0.127. The zero-order valence-corrected chi connectivity index (χ0v) is 17.5. The molecule has 1 saturated heterocycles. The van der Waals surface area contributed by atoms with Gasteiger partial charge in [-0.25, -0.2) is 4.98 Å². The van der Waals surface area contributed by atoms with Crippen molar-refractivity contribution in [1.29, 1.82) is 0 Å². The molecule has 0 aliphatic carbocycles. The molecule has 1 aliphatic rings. The molecule has 1 aliphatic heterocycles. The summed E-state index contributed by atoms with van der Waals surface area (Å²) in [5, 5.41) is 3.77. The summed E-state index contributed by atoms with van der Waals surface area (Å²) in [7, 11) is 0. The first-order valence-electron chi connectivity index (χ1n) is 9.62. The van der Waals surface area contributed by atoms with Crippen LogP contribution in [0.3, 0.4) is 0 Å². The summed E-state index contributed by atoms with van der Waals surface area (Å²) in [6.45, 7) is 4.20. The van der Waals surface area contributed by atoms with E-state index in [9.17, 15) is 4.79 Å². The molecule has 150 valence electrons. The fraction of sp³-hybridized carbons (Fsp3) is 0.429. The Bertz CT molecular complexity index is 791. The molecule has 1 N–H and O–H groups in total. The summed E-state index contributed by atoms with van der Waals surface area (Å²) in [4.78, 5) is 19.2. The number of ether oxygens (including phenoxy) is 1. The monoisotopic (exact) mass is 421 g/mol. The Labute approximate surface area is 176 Å². The van der Waals surface area contributed by atoms with E-state index in [1.165, 1.54) is 25.7 Å². The van der Waals surface area contributed by atoms with Gasteiger partial charge in [0.15, 0.2) is 6.10 Å². The lowest BCUT2D eigenvalue weighted by Crippen LogP contribution is -2.36. The number of amides is 1. The third-order valence-electron chi connectivity index (χ3n) is 4.77. The van der Waals surface area contributed by atoms with Crippen molar-refractivity contribution in [1.82, 2.24) is 10.3 Å². The van der Waals surface area contributed by atoms with Crippen LogP contribution < -0.4 is 15.0 Å². The maximum atomic E-state index is 12.3. The number of pyridine rings is 1. The molecule has 1 fully saturated rings. The Hall–Kier alpha value is -1.98. The van der Waals surface area contributed by atoms with E-state index in [-0.39, 0.29) is 5.91 Å². The van der Waals surface area contributed by atoms with Crippen molar-refractivity contribution in [2.75, 3.05) is 18.0 Å². The first-order chi connectivity index (χ1) is 13.5. The average molecular weight is 422 g/mol. The SMILES string of the molecule is CC(Oc1ccc(Cl)cc1Cl)C(=O)NCc1ccc(N2CCCCCC2)nc1. The largest absolute Gasteiger partial charge is 0.479 e. The third kappa shape index (κ3) is 5.76. The van der Waals surface area contributed by atoms with Crippen molar-refractivity contribution in [3.63, 3.8) is 0 Å². The highest BCUT2D eigenvalue weighted by Crippen LogP contribution is 2.28. The Morgan fingerprint density at radius 2 is 1.93 bits per heavy atom. The summed E-state index contributed by atoms with van der Waals surface area (Å²) in [5.41, 5.74) is 0.948. The standard InChI is InChI=1S/C21H25Cl2N3O2/c1-15(28-19-8-7-17(22)12-18(19)23)21(27)25-14-16-6-9-20(24-13-16)26-10-4-2-3-5-11-26/h6-9,12-13,15H,2-5,10-11,14H2,1H3,(H,25,27). The van der Waals surface area contributed by atoms with E-state index in [1.807, 2.05) is 18.3 Å². The number of carbonyl (C=O) groups excluding carboxylic acids is 1. The van der Waals surface area contributed by atoms with Crippen molar-refractivity contribution < 1.29 is 9.53 Å². The van der Waals surface area contributed by atoms with Crippen LogP contribution in [0.4, 0.5) is 5.82 Å². The molecule has 2 heterocycles. The first-order valence-corrected chi connectivity index (χ1v) is 10.4. The van der Waals surface area contributed by atoms with Crippen LogP contribution in [-0.2, 0) is 11.3 Å². The van der Waals surface area contributed by atoms with Gasteiger partial charge in [0.2, 0.25) is 0 Å². The number of anilines is 1. The maximum absolute atomic E-state index is 12.3. The molecule has 1 atom stereocenters. The summed E-state index contributed by atoms with van der Waals surface area (Å²) in [6, 6.07) is 8.95. The van der Waals surface area contributed by atoms with E-state index < -0.39 is 6.10 Å². The zero-order chi connectivity index (χ0) is 19.9. The summed E-state index contributed by atoms with van der Waals surface area (Å²) < 4.78 is 5.64. The molecular weight excluding hydrogens is 397 g/mol. The van der Waals surface area contributed by atoms with E-state index in [4.69, 9.17) is 27.9 Å². The number of hydrogen-bond acceptors (Lipinski definition) is 4. The van der Waals surface area contributed by atoms with Crippen LogP contribution in [0.2, 0.25) is 10.0 Å². The quantitative estimate of drug-likeness (QED) is 0.723. The smallest absolute Gasteiger partial charge is 0.261 e. The van der Waals surface area contributed by atoms with Crippen molar-refractivity contribution in [3.8, 4) is 5.75 Å². The van der Waals surface area contributed by atoms with Crippen LogP contribution in [-0.4, -0.2) is 30.1 Å². The normalized spacial score (nSPS) is 15.6. The molecule has 0 saturated carbocycles. The van der Waals surface area contributed by atoms with E-state index >= 15 is 0 Å². The summed E-state index contributed by atoms with van der Waals surface area (Å²) in [6.07, 6.45) is 6.17. The van der Waals surface area contributed by atoms with Crippen LogP contribution >= 0.6 is 23.2 Å². The van der Waals surface area contributed by atoms with Gasteiger partial charge in [-0.2, -0.15) is 0 Å². The predicted octanol–water partition coefficient (Wildman–Crippen LogP) is 4.85. The highest BCUT2D eigenvalue weighted by molar-refractivity contribution is 6.35. The van der Waals surface area contributed by atoms with Crippen LogP contribution in [0.5, 0.6) is 5.75 Å². The number of rotatable bonds is 6. The topological polar surface area (TPSA) is 54.5 Å². The second-order valence-electron chi connectivity index (χ2n) is 6.98. The third-order valence-corrected chi connectivity index (χ3v) is 5.30. The fourth-order valence-electron chi connectivity index (χ4n) is 3.16. The summed E-state index contributed by atoms with van der Waals surface area (Å²) >= 11 is 12.0. The van der Waals surface area contributed by atoms with Gasteiger partial charge in [0.1, 0.15) is 11.6 Å². The first kappa shape index (κ1) is 20.7. The van der Waals surface area contributed by atoms with Crippen molar-refractivity contribution in [3.05, 3.63) is 52.1 Å². The van der Waals surface area contributed by atoms with E-state index in [2.05, 4.69) is 15.2 Å². The molecule has 3 rings (SSSR count). The number of aromatic nitrogens is 1. The lowest BCUT2D eigenvalue weighted by Gasteiger charge is -2.21. The average Bonchev–Trinajstić information content (AvgIpc) is 2.98. The van der Waals surface area contributed by atoms with Crippen molar-refractivity contribution in [2.24, 2.45) is 0 Å². The number of halogens is 2. The van der Waals surface area contributed by atoms with Crippen LogP contribution in [0, 0.1) is 0 Å². The Kier molecular flexibility index (Phi) is 7.40. The van der Waals surface area contributed by atoms with Gasteiger partial charge in [0.25, 0.3) is 5.91 Å². The molecule has 5 nitrogen and oxygen atoms in total. The van der Waals surface area contributed by atoms with E-state index in [0.29, 0.717) is 22.3 Å². The maximum Gasteiger partial charge on any atom is 0.261 e. The number of carbonyl (C=O) groups is 1. The van der Waals surface area contributed by atoms with Gasteiger partial charge in [0.05, 0.1) is 5.02 Å². The van der Waals surface area contributed by atoms with Gasteiger partial charge in [-0.05, 0) is 49.6 Å². The molecule has 1 amide bonds. The van der Waals surface area contributed by atoms with Crippen molar-refractivity contribution in [2.45, 2.75) is 45.3 Å². The van der Waals surface area contributed by atoms with Gasteiger partial charge in [-0.15, -0.1) is 0 Å². The second-order valence-corrected chi connectivity index (χ2v) is 7.82. The fourth-order valence-corrected chi connectivity index (χ4v) is 3.61. The molecule has 0 spiro atoms. The Balaban J connectivity index is 1.50. The predicted molar refractivity (Wildman–Crippen MR) is 113 cm³/mol. The Morgan fingerprint density at radius 3 is 2.57 bits per heavy atom. The lowest BCUT2D eigenvalue weighted by atomic mass is 10.2. The molecule has 1 aromatic carbocycles. The van der Waals surface area contributed by atoms with E-state index in [1.54, 1.807) is 25.1 Å². The van der Waals surface area contributed by atoms with Gasteiger partial charge < -0.3 is 15.0 Å². The number of hydrogen-bond donors (Lipinski definition) is 1. The molecule has 28 heavy (non-hydrogen) atoms. The zero-order valence-electron chi connectivity index (χ0n) is 16.0. The molecule has 1 aromatic heterocycles. The number of benzene rings is 1. The van der Waals surface area contributed by atoms with Gasteiger partial charge >= 0.3 is 0 Å². The number of nitrogens with zero attached hydrogens (tertiary/aromatic N) is 2. The molecule has 2 aromatic rings. The minimum atomic E-state index is -0.678. The van der Waals surface area contributed by atoms with Crippen LogP contribution in [0.15, 0.2) is 36.5 Å². The second kappa shape index (κ2) is 9.99. The van der Waals surface area contributed by atoms with E-state index in [0.717, 1.165) is 24.5 Å². The molecule has 0 bridgehead atoms. The summed E-state index contributed by atoms with van der Waals surface area (Å²) in [5.74, 6) is 1.21. The number of nitrogens with one attached hydrogen (secondary N) is 1. The molecular formula is C21H25Cl2N3O2. The van der Waals surface area contributed by atoms with Crippen molar-refractivity contribution >= 4 is 34.9 Å². The van der Waals surface area contributed by atoms with Crippen LogP contribution in [0.1, 0.15) is 38.2 Å². The minimum Gasteiger partial charge on any atom is -0.479 e. The minimum absolute atomic E-state index is 0.220. The Morgan fingerprint density at radius 1 is 1.18 bits per heavy atom. The van der Waals surface area contributed by atoms with Gasteiger partial charge in [-0.1, -0.05) is 42.1 Å². The molecule has 1 unspecified atom stereocenters. The highest BCUT2D eigenvalue weighted by Gasteiger charge is 2.16. The molecule has 7 heteroatoms. The van der Waals surface area contributed by atoms with Crippen LogP contribution in [0.25, 0.3) is 0 Å². The van der Waals surface area contributed by atoms with Gasteiger partial charge in [-0.3, -0.25) is 4.79 Å². The highest BCUT2D eigenvalue weighted by atomic mass is 35.5.